The lowest BCUT2D eigenvalue weighted by molar-refractivity contribution is -0.396. The average molecular weight is 662 g/mol. The number of phenolic OH excluding ortho intramolecular Hbond substituents is 1. The van der Waals surface area contributed by atoms with Crippen LogP contribution in [-0.4, -0.2) is 66.0 Å². The SMILES string of the molecule is CN(CCCCC(F)(F)C(F)(F)C(F)(F)C(F)(F)F)CCCC(F)C[C@@H]1Cc2cc(O)ccc2[C@H]2CC[C@]3(C)C(=O)CC[C@H]3[C@H]12. The van der Waals surface area contributed by atoms with Gasteiger partial charge in [0.05, 0.1) is 0 Å². The fraction of sp³-hybridized carbons (Fsp3) is 0.781. The number of hydrogen-bond acceptors (Lipinski definition) is 3. The summed E-state index contributed by atoms with van der Waals surface area (Å²) in [6, 6.07) is 5.37. The number of rotatable bonds is 13. The van der Waals surface area contributed by atoms with E-state index >= 15 is 4.39 Å². The number of nitrogens with zero attached hydrogens (tertiary/aromatic N) is 1. The lowest BCUT2D eigenvalue weighted by Gasteiger charge is -2.52. The maximum Gasteiger partial charge on any atom is 0.460 e. The number of aromatic hydroxyl groups is 1. The maximum atomic E-state index is 15.5. The van der Waals surface area contributed by atoms with Crippen LogP contribution in [0.25, 0.3) is 0 Å². The highest BCUT2D eigenvalue weighted by molar-refractivity contribution is 5.87. The number of fused-ring (bicyclic) bond motifs is 5. The number of phenols is 1. The van der Waals surface area contributed by atoms with Crippen molar-refractivity contribution < 1.29 is 53.8 Å². The normalized spacial score (nSPS) is 28.2. The number of benzene rings is 1. The lowest BCUT2D eigenvalue weighted by Crippen LogP contribution is -2.60. The Bertz CT molecular complexity index is 1200. The molecule has 0 aliphatic heterocycles. The van der Waals surface area contributed by atoms with Crippen molar-refractivity contribution in [3.8, 4) is 5.75 Å². The molecule has 0 radical (unpaired) electrons. The van der Waals surface area contributed by atoms with Crippen molar-refractivity contribution >= 4 is 5.78 Å². The summed E-state index contributed by atoms with van der Waals surface area (Å²) in [7, 11) is 1.59. The molecule has 0 bridgehead atoms. The molecule has 1 N–H and O–H groups in total. The molecule has 4 rings (SSSR count). The van der Waals surface area contributed by atoms with Crippen LogP contribution in [0.4, 0.5) is 43.9 Å². The highest BCUT2D eigenvalue weighted by atomic mass is 19.4. The zero-order chi connectivity index (χ0) is 33.6. The number of carbonyl (C=O) groups is 1. The minimum Gasteiger partial charge on any atom is -0.508 e. The van der Waals surface area contributed by atoms with Gasteiger partial charge in [0, 0.05) is 18.3 Å². The number of alkyl halides is 10. The zero-order valence-electron chi connectivity index (χ0n) is 25.4. The van der Waals surface area contributed by atoms with Crippen LogP contribution in [0.1, 0.15) is 88.2 Å². The van der Waals surface area contributed by atoms with Crippen LogP contribution in [-0.2, 0) is 11.2 Å². The largest absolute Gasteiger partial charge is 0.508 e. The first kappa shape index (κ1) is 35.8. The van der Waals surface area contributed by atoms with Gasteiger partial charge in [0.2, 0.25) is 0 Å². The van der Waals surface area contributed by atoms with Crippen molar-refractivity contribution in [3.05, 3.63) is 29.3 Å². The Morgan fingerprint density at radius 1 is 0.978 bits per heavy atom. The van der Waals surface area contributed by atoms with Crippen molar-refractivity contribution in [3.63, 3.8) is 0 Å². The molecule has 0 aromatic heterocycles. The Hall–Kier alpha value is -2.05. The molecule has 3 aliphatic carbocycles. The van der Waals surface area contributed by atoms with E-state index in [1.54, 1.807) is 24.1 Å². The van der Waals surface area contributed by atoms with Crippen molar-refractivity contribution in [2.45, 2.75) is 114 Å². The van der Waals surface area contributed by atoms with Gasteiger partial charge in [0.1, 0.15) is 17.7 Å². The van der Waals surface area contributed by atoms with Crippen LogP contribution in [0.3, 0.4) is 0 Å². The second kappa shape index (κ2) is 12.9. The van der Waals surface area contributed by atoms with Gasteiger partial charge in [-0.1, -0.05) is 13.0 Å². The van der Waals surface area contributed by atoms with E-state index in [-0.39, 0.29) is 61.0 Å². The first-order chi connectivity index (χ1) is 20.7. The molecule has 1 aromatic rings. The fourth-order valence-electron chi connectivity index (χ4n) is 8.21. The Balaban J connectivity index is 1.27. The van der Waals surface area contributed by atoms with Crippen LogP contribution in [0.2, 0.25) is 0 Å². The Morgan fingerprint density at radius 2 is 1.64 bits per heavy atom. The zero-order valence-corrected chi connectivity index (χ0v) is 25.4. The first-order valence-corrected chi connectivity index (χ1v) is 15.6. The predicted molar refractivity (Wildman–Crippen MR) is 148 cm³/mol. The van der Waals surface area contributed by atoms with E-state index in [9.17, 15) is 49.4 Å². The Kier molecular flexibility index (Phi) is 10.2. The molecule has 256 valence electrons. The molecule has 3 aliphatic rings. The molecule has 45 heavy (non-hydrogen) atoms. The number of Topliss-reactive ketones (excluding diaryl/α,β-unsaturated/α-hetero) is 1. The summed E-state index contributed by atoms with van der Waals surface area (Å²) in [4.78, 5) is 14.5. The van der Waals surface area contributed by atoms with E-state index in [0.717, 1.165) is 24.8 Å². The van der Waals surface area contributed by atoms with Crippen LogP contribution in [0, 0.1) is 23.2 Å². The summed E-state index contributed by atoms with van der Waals surface area (Å²) in [5.74, 6) is -18.1. The number of unbranched alkanes of at least 4 members (excludes halogenated alkanes) is 1. The first-order valence-electron chi connectivity index (χ1n) is 15.6. The van der Waals surface area contributed by atoms with E-state index in [1.165, 1.54) is 5.56 Å². The van der Waals surface area contributed by atoms with Crippen LogP contribution >= 0.6 is 0 Å². The van der Waals surface area contributed by atoms with Gasteiger partial charge in [-0.05, 0) is 125 Å². The van der Waals surface area contributed by atoms with Crippen molar-refractivity contribution in [1.82, 2.24) is 4.90 Å². The Morgan fingerprint density at radius 3 is 2.31 bits per heavy atom. The van der Waals surface area contributed by atoms with Gasteiger partial charge in [-0.3, -0.25) is 4.79 Å². The van der Waals surface area contributed by atoms with Crippen LogP contribution in [0.5, 0.6) is 5.75 Å². The summed E-state index contributed by atoms with van der Waals surface area (Å²) in [5.41, 5.74) is 1.77. The summed E-state index contributed by atoms with van der Waals surface area (Å²) in [6.07, 6.45) is -6.29. The van der Waals surface area contributed by atoms with E-state index in [2.05, 4.69) is 0 Å². The number of carbonyl (C=O) groups excluding carboxylic acids is 1. The molecule has 1 aromatic carbocycles. The van der Waals surface area contributed by atoms with Crippen LogP contribution in [0.15, 0.2) is 18.2 Å². The third kappa shape index (κ3) is 6.84. The molecule has 0 saturated heterocycles. The molecule has 3 nitrogen and oxygen atoms in total. The molecular formula is C32H41F10NO2. The van der Waals surface area contributed by atoms with E-state index in [4.69, 9.17) is 0 Å². The number of hydrogen-bond donors (Lipinski definition) is 1. The standard InChI is InChI=1S/C32H41F10NO2/c1-28-13-11-24-23-8-7-22(44)18-19(23)16-20(27(24)25(28)9-10-26(28)45)17-21(33)6-5-15-43(2)14-4-3-12-29(34,35)30(36,37)31(38,39)32(40,41)42/h7-8,18,20-21,24-25,27,44H,3-6,9-17H2,1-2H3/t20-,21?,24+,25-,27+,28-/m0/s1. The minimum atomic E-state index is -6.88. The van der Waals surface area contributed by atoms with Gasteiger partial charge in [-0.15, -0.1) is 0 Å². The van der Waals surface area contributed by atoms with E-state index in [1.807, 2.05) is 13.0 Å². The average Bonchev–Trinajstić information content (AvgIpc) is 3.24. The smallest absolute Gasteiger partial charge is 0.460 e. The fourth-order valence-corrected chi connectivity index (χ4v) is 8.21. The molecule has 13 heteroatoms. The van der Waals surface area contributed by atoms with Gasteiger partial charge >= 0.3 is 23.9 Å². The highest BCUT2D eigenvalue weighted by Gasteiger charge is 2.81. The third-order valence-corrected chi connectivity index (χ3v) is 10.7. The second-order valence-corrected chi connectivity index (χ2v) is 13.6. The van der Waals surface area contributed by atoms with Crippen LogP contribution < -0.4 is 0 Å². The summed E-state index contributed by atoms with van der Waals surface area (Å²) >= 11 is 0. The molecule has 2 fully saturated rings. The predicted octanol–water partition coefficient (Wildman–Crippen LogP) is 9.12. The second-order valence-electron chi connectivity index (χ2n) is 13.6. The molecule has 1 unspecified atom stereocenters. The maximum absolute atomic E-state index is 15.5. The third-order valence-electron chi connectivity index (χ3n) is 10.7. The van der Waals surface area contributed by atoms with Gasteiger partial charge in [-0.2, -0.15) is 39.5 Å². The molecular weight excluding hydrogens is 620 g/mol. The van der Waals surface area contributed by atoms with Gasteiger partial charge < -0.3 is 10.0 Å². The summed E-state index contributed by atoms with van der Waals surface area (Å²) in [6.45, 7) is 2.46. The Labute approximate surface area is 256 Å². The molecule has 0 spiro atoms. The van der Waals surface area contributed by atoms with Crippen molar-refractivity contribution in [1.29, 1.82) is 0 Å². The van der Waals surface area contributed by atoms with E-state index < -0.39 is 48.4 Å². The quantitative estimate of drug-likeness (QED) is 0.169. The summed E-state index contributed by atoms with van der Waals surface area (Å²) in [5, 5.41) is 10.1. The van der Waals surface area contributed by atoms with Gasteiger partial charge in [0.15, 0.2) is 0 Å². The number of ketones is 1. The highest BCUT2D eigenvalue weighted by Crippen LogP contribution is 2.62. The minimum absolute atomic E-state index is 0.0166. The molecule has 0 heterocycles. The topological polar surface area (TPSA) is 40.5 Å². The molecule has 2 saturated carbocycles. The molecule has 0 amide bonds. The number of halogens is 10. The monoisotopic (exact) mass is 661 g/mol. The summed E-state index contributed by atoms with van der Waals surface area (Å²) < 4.78 is 133. The molecule has 6 atom stereocenters. The van der Waals surface area contributed by atoms with Gasteiger partial charge in [-0.25, -0.2) is 4.39 Å². The van der Waals surface area contributed by atoms with Crippen molar-refractivity contribution in [2.75, 3.05) is 20.1 Å². The van der Waals surface area contributed by atoms with Crippen molar-refractivity contribution in [2.24, 2.45) is 23.2 Å². The lowest BCUT2D eigenvalue weighted by atomic mass is 9.52. The van der Waals surface area contributed by atoms with E-state index in [0.29, 0.717) is 25.8 Å². The van der Waals surface area contributed by atoms with Gasteiger partial charge in [0.25, 0.3) is 0 Å².